The number of halogens is 1. The van der Waals surface area contributed by atoms with E-state index in [1.807, 2.05) is 6.07 Å². The van der Waals surface area contributed by atoms with Gasteiger partial charge in [0.25, 0.3) is 5.91 Å². The molecule has 6 nitrogen and oxygen atoms in total. The van der Waals surface area contributed by atoms with Crippen LogP contribution in [0.1, 0.15) is 29.6 Å². The van der Waals surface area contributed by atoms with Crippen molar-refractivity contribution < 1.29 is 14.3 Å². The van der Waals surface area contributed by atoms with Crippen LogP contribution in [0.2, 0.25) is 5.02 Å². The van der Waals surface area contributed by atoms with Crippen molar-refractivity contribution in [2.45, 2.75) is 30.9 Å². The van der Waals surface area contributed by atoms with Gasteiger partial charge in [0, 0.05) is 42.6 Å². The predicted octanol–water partition coefficient (Wildman–Crippen LogP) is 3.74. The van der Waals surface area contributed by atoms with E-state index in [4.69, 9.17) is 21.1 Å². The van der Waals surface area contributed by atoms with Crippen LogP contribution in [0, 0.1) is 0 Å². The quantitative estimate of drug-likeness (QED) is 0.836. The van der Waals surface area contributed by atoms with Crippen molar-refractivity contribution in [1.82, 2.24) is 4.98 Å². The molecule has 2 aliphatic rings. The van der Waals surface area contributed by atoms with Gasteiger partial charge in [-0.15, -0.1) is 0 Å². The third kappa shape index (κ3) is 4.40. The molecule has 2 aromatic rings. The van der Waals surface area contributed by atoms with Crippen LogP contribution in [0.5, 0.6) is 0 Å². The number of aromatic nitrogens is 1. The van der Waals surface area contributed by atoms with Gasteiger partial charge in [0.1, 0.15) is 5.82 Å². The summed E-state index contributed by atoms with van der Waals surface area (Å²) < 4.78 is 11.5. The maximum atomic E-state index is 12.4. The molecule has 4 rings (SSSR count). The Morgan fingerprint density at radius 3 is 2.93 bits per heavy atom. The van der Waals surface area contributed by atoms with Crippen LogP contribution >= 0.6 is 11.6 Å². The average molecular weight is 388 g/mol. The molecule has 0 aliphatic carbocycles. The van der Waals surface area contributed by atoms with Crippen LogP contribution in [-0.2, 0) is 9.47 Å². The maximum absolute atomic E-state index is 12.4. The summed E-state index contributed by atoms with van der Waals surface area (Å²) in [4.78, 5) is 16.7. The van der Waals surface area contributed by atoms with Gasteiger partial charge in [0.2, 0.25) is 0 Å². The lowest BCUT2D eigenvalue weighted by Gasteiger charge is -2.37. The van der Waals surface area contributed by atoms with Crippen molar-refractivity contribution in [1.29, 1.82) is 0 Å². The molecule has 1 amide bonds. The van der Waals surface area contributed by atoms with E-state index in [2.05, 4.69) is 15.6 Å². The Labute approximate surface area is 163 Å². The lowest BCUT2D eigenvalue weighted by molar-refractivity contribution is -0.0829. The van der Waals surface area contributed by atoms with Crippen molar-refractivity contribution in [2.75, 3.05) is 30.5 Å². The number of carbonyl (C=O) groups is 1. The van der Waals surface area contributed by atoms with Gasteiger partial charge >= 0.3 is 0 Å². The molecule has 0 saturated carbocycles. The Balaban J connectivity index is 1.36. The van der Waals surface area contributed by atoms with Crippen LogP contribution in [-0.4, -0.2) is 42.4 Å². The molecule has 1 aromatic carbocycles. The van der Waals surface area contributed by atoms with Crippen molar-refractivity contribution in [2.24, 2.45) is 0 Å². The predicted molar refractivity (Wildman–Crippen MR) is 104 cm³/mol. The zero-order chi connectivity index (χ0) is 18.7. The van der Waals surface area contributed by atoms with E-state index in [-0.39, 0.29) is 11.5 Å². The van der Waals surface area contributed by atoms with Gasteiger partial charge < -0.3 is 20.1 Å². The van der Waals surface area contributed by atoms with Crippen LogP contribution in [0.3, 0.4) is 0 Å². The number of ether oxygens (including phenoxy) is 2. The van der Waals surface area contributed by atoms with E-state index in [1.54, 1.807) is 36.5 Å². The minimum atomic E-state index is -0.218. The summed E-state index contributed by atoms with van der Waals surface area (Å²) >= 11 is 5.94. The highest BCUT2D eigenvalue weighted by Gasteiger charge is 2.41. The highest BCUT2D eigenvalue weighted by Crippen LogP contribution is 2.33. The number of amides is 1. The van der Waals surface area contributed by atoms with Gasteiger partial charge in [-0.05, 0) is 43.2 Å². The van der Waals surface area contributed by atoms with E-state index in [9.17, 15) is 4.79 Å². The number of pyridine rings is 1. The smallest absolute Gasteiger partial charge is 0.257 e. The van der Waals surface area contributed by atoms with E-state index >= 15 is 0 Å². The normalized spacial score (nSPS) is 24.7. The van der Waals surface area contributed by atoms with Crippen LogP contribution in [0.25, 0.3) is 0 Å². The number of nitrogens with one attached hydrogen (secondary N) is 2. The van der Waals surface area contributed by atoms with E-state index in [0.717, 1.165) is 38.3 Å². The first-order chi connectivity index (χ1) is 13.1. The molecule has 2 aliphatic heterocycles. The van der Waals surface area contributed by atoms with E-state index < -0.39 is 0 Å². The molecule has 3 heterocycles. The fraction of sp³-hybridized carbons (Fsp3) is 0.400. The maximum Gasteiger partial charge on any atom is 0.257 e. The number of benzene rings is 1. The molecular formula is C20H22ClN3O3. The minimum absolute atomic E-state index is 0.146. The third-order valence-electron chi connectivity index (χ3n) is 5.02. The highest BCUT2D eigenvalue weighted by molar-refractivity contribution is 6.30. The first-order valence-electron chi connectivity index (χ1n) is 9.13. The van der Waals surface area contributed by atoms with Crippen LogP contribution < -0.4 is 10.6 Å². The molecule has 2 fully saturated rings. The number of carbonyl (C=O) groups excluding carboxylic acids is 1. The molecule has 7 heteroatoms. The number of hydrogen-bond acceptors (Lipinski definition) is 5. The van der Waals surface area contributed by atoms with E-state index in [0.29, 0.717) is 28.9 Å². The van der Waals surface area contributed by atoms with Gasteiger partial charge in [-0.2, -0.15) is 0 Å². The Bertz CT molecular complexity index is 806. The fourth-order valence-corrected chi connectivity index (χ4v) is 3.80. The van der Waals surface area contributed by atoms with Crippen LogP contribution in [0.4, 0.5) is 11.5 Å². The SMILES string of the molecule is O=C(Nc1cccc(Cl)c1)c1ccc(NC2CCOC3(CCOC3)C2)nc1. The average Bonchev–Trinajstić information content (AvgIpc) is 3.10. The van der Waals surface area contributed by atoms with Crippen molar-refractivity contribution >= 4 is 29.0 Å². The first-order valence-corrected chi connectivity index (χ1v) is 9.51. The van der Waals surface area contributed by atoms with Gasteiger partial charge in [-0.1, -0.05) is 17.7 Å². The number of hydrogen-bond donors (Lipinski definition) is 2. The zero-order valence-electron chi connectivity index (χ0n) is 14.9. The van der Waals surface area contributed by atoms with Gasteiger partial charge in [0.15, 0.2) is 0 Å². The number of nitrogens with zero attached hydrogens (tertiary/aromatic N) is 1. The topological polar surface area (TPSA) is 72.5 Å². The Hall–Kier alpha value is -2.15. The van der Waals surface area contributed by atoms with Gasteiger partial charge in [-0.25, -0.2) is 4.98 Å². The summed E-state index contributed by atoms with van der Waals surface area (Å²) in [6.45, 7) is 2.16. The molecule has 1 spiro atoms. The summed E-state index contributed by atoms with van der Waals surface area (Å²) in [5.74, 6) is 0.541. The second-order valence-electron chi connectivity index (χ2n) is 7.06. The molecule has 2 unspecified atom stereocenters. The molecule has 2 saturated heterocycles. The molecule has 0 bridgehead atoms. The largest absolute Gasteiger partial charge is 0.378 e. The molecule has 1 aromatic heterocycles. The summed E-state index contributed by atoms with van der Waals surface area (Å²) in [5.41, 5.74) is 1.00. The summed E-state index contributed by atoms with van der Waals surface area (Å²) in [6.07, 6.45) is 4.36. The monoisotopic (exact) mass is 387 g/mol. The Kier molecular flexibility index (Phi) is 5.29. The molecule has 0 radical (unpaired) electrons. The minimum Gasteiger partial charge on any atom is -0.378 e. The summed E-state index contributed by atoms with van der Waals surface area (Å²) in [7, 11) is 0. The zero-order valence-corrected chi connectivity index (χ0v) is 15.7. The molecule has 27 heavy (non-hydrogen) atoms. The lowest BCUT2D eigenvalue weighted by atomic mass is 9.90. The second-order valence-corrected chi connectivity index (χ2v) is 7.50. The second kappa shape index (κ2) is 7.84. The van der Waals surface area contributed by atoms with Crippen molar-refractivity contribution in [3.05, 3.63) is 53.2 Å². The standard InChI is InChI=1S/C20H22ClN3O3/c21-15-2-1-3-16(10-15)24-19(25)14-4-5-18(22-12-14)23-17-6-8-27-20(11-17)7-9-26-13-20/h1-5,10,12,17H,6-9,11,13H2,(H,22,23)(H,24,25). The molecular weight excluding hydrogens is 366 g/mol. The Morgan fingerprint density at radius 2 is 2.19 bits per heavy atom. The Morgan fingerprint density at radius 1 is 1.26 bits per heavy atom. The van der Waals surface area contributed by atoms with Crippen molar-refractivity contribution in [3.63, 3.8) is 0 Å². The third-order valence-corrected chi connectivity index (χ3v) is 5.26. The fourth-order valence-electron chi connectivity index (χ4n) is 3.61. The van der Waals surface area contributed by atoms with Crippen LogP contribution in [0.15, 0.2) is 42.6 Å². The van der Waals surface area contributed by atoms with E-state index in [1.165, 1.54) is 0 Å². The molecule has 2 N–H and O–H groups in total. The number of anilines is 2. The van der Waals surface area contributed by atoms with Gasteiger partial charge in [-0.3, -0.25) is 4.79 Å². The summed E-state index contributed by atoms with van der Waals surface area (Å²) in [5, 5.41) is 6.85. The first kappa shape index (κ1) is 18.2. The van der Waals surface area contributed by atoms with Gasteiger partial charge in [0.05, 0.1) is 17.8 Å². The molecule has 142 valence electrons. The highest BCUT2D eigenvalue weighted by atomic mass is 35.5. The summed E-state index contributed by atoms with van der Waals surface area (Å²) in [6, 6.07) is 10.9. The number of rotatable bonds is 4. The molecule has 2 atom stereocenters. The van der Waals surface area contributed by atoms with Crippen molar-refractivity contribution in [3.8, 4) is 0 Å². The lowest BCUT2D eigenvalue weighted by Crippen LogP contribution is -2.45.